The molecule has 2 aromatic heterocycles. The number of halogens is 1. The molecule has 6 heteroatoms. The molecule has 0 saturated heterocycles. The van der Waals surface area contributed by atoms with E-state index in [1.54, 1.807) is 12.4 Å². The molecule has 3 rings (SSSR count). The van der Waals surface area contributed by atoms with Gasteiger partial charge in [0.1, 0.15) is 4.47 Å². The Bertz CT molecular complexity index is 652. The van der Waals surface area contributed by atoms with Crippen molar-refractivity contribution in [3.63, 3.8) is 0 Å². The molecule has 5 nitrogen and oxygen atoms in total. The van der Waals surface area contributed by atoms with Gasteiger partial charge in [0.2, 0.25) is 0 Å². The fourth-order valence-corrected chi connectivity index (χ4v) is 2.40. The number of nitrogens with one attached hydrogen (secondary N) is 1. The lowest BCUT2D eigenvalue weighted by molar-refractivity contribution is 0.532. The molecule has 2 heterocycles. The van der Waals surface area contributed by atoms with Crippen LogP contribution < -0.4 is 10.9 Å². The Kier molecular flexibility index (Phi) is 3.82. The number of anilines is 1. The lowest BCUT2D eigenvalue weighted by Crippen LogP contribution is -2.25. The molecule has 0 radical (unpaired) electrons. The van der Waals surface area contributed by atoms with Crippen molar-refractivity contribution >= 4 is 21.6 Å². The van der Waals surface area contributed by atoms with Gasteiger partial charge in [-0.3, -0.25) is 9.78 Å². The van der Waals surface area contributed by atoms with Crippen LogP contribution in [0.5, 0.6) is 0 Å². The fraction of sp³-hybridized carbons (Fsp3) is 0.357. The van der Waals surface area contributed by atoms with Gasteiger partial charge in [0.25, 0.3) is 5.56 Å². The van der Waals surface area contributed by atoms with Crippen molar-refractivity contribution in [2.24, 2.45) is 5.92 Å². The highest BCUT2D eigenvalue weighted by Crippen LogP contribution is 2.30. The quantitative estimate of drug-likeness (QED) is 0.912. The molecule has 0 bridgehead atoms. The number of hydrogen-bond donors (Lipinski definition) is 1. The van der Waals surface area contributed by atoms with E-state index in [1.807, 2.05) is 18.2 Å². The Balaban J connectivity index is 1.73. The Morgan fingerprint density at radius 1 is 1.40 bits per heavy atom. The number of nitrogens with zero attached hydrogens (tertiary/aromatic N) is 3. The highest BCUT2D eigenvalue weighted by Gasteiger charge is 2.23. The number of hydrogen-bond acceptors (Lipinski definition) is 4. The zero-order valence-electron chi connectivity index (χ0n) is 10.9. The minimum absolute atomic E-state index is 0.0806. The molecule has 104 valence electrons. The predicted octanol–water partition coefficient (Wildman–Crippen LogP) is 2.42. The summed E-state index contributed by atoms with van der Waals surface area (Å²) < 4.78 is 2.07. The molecule has 0 unspecified atom stereocenters. The third kappa shape index (κ3) is 3.07. The van der Waals surface area contributed by atoms with E-state index in [0.29, 0.717) is 22.6 Å². The average Bonchev–Trinajstić information content (AvgIpc) is 3.28. The minimum Gasteiger partial charge on any atom is -0.377 e. The number of aromatic nitrogens is 3. The van der Waals surface area contributed by atoms with E-state index < -0.39 is 0 Å². The van der Waals surface area contributed by atoms with Gasteiger partial charge in [-0.25, -0.2) is 4.68 Å². The first-order valence-corrected chi connectivity index (χ1v) is 7.43. The third-order valence-corrected chi connectivity index (χ3v) is 4.07. The molecular weight excluding hydrogens is 320 g/mol. The molecule has 1 aliphatic carbocycles. The molecule has 1 fully saturated rings. The maximum atomic E-state index is 12.2. The Morgan fingerprint density at radius 3 is 2.95 bits per heavy atom. The van der Waals surface area contributed by atoms with Gasteiger partial charge in [-0.1, -0.05) is 6.07 Å². The van der Waals surface area contributed by atoms with Crippen LogP contribution in [0, 0.1) is 5.92 Å². The summed E-state index contributed by atoms with van der Waals surface area (Å²) in [5, 5.41) is 7.40. The maximum absolute atomic E-state index is 12.2. The van der Waals surface area contributed by atoms with E-state index in [4.69, 9.17) is 0 Å². The van der Waals surface area contributed by atoms with Crippen LogP contribution in [0.1, 0.15) is 18.5 Å². The van der Waals surface area contributed by atoms with Crippen molar-refractivity contribution in [3.05, 3.63) is 51.1 Å². The first kappa shape index (κ1) is 13.3. The maximum Gasteiger partial charge on any atom is 0.283 e. The molecule has 0 amide bonds. The summed E-state index contributed by atoms with van der Waals surface area (Å²) in [5.74, 6) is 0.624. The van der Waals surface area contributed by atoms with Crippen LogP contribution in [0.4, 0.5) is 5.69 Å². The largest absolute Gasteiger partial charge is 0.377 e. The zero-order chi connectivity index (χ0) is 13.9. The number of rotatable bonds is 5. The molecule has 1 saturated carbocycles. The van der Waals surface area contributed by atoms with Crippen LogP contribution in [0.25, 0.3) is 0 Å². The second-order valence-corrected chi connectivity index (χ2v) is 5.77. The molecule has 0 spiro atoms. The summed E-state index contributed by atoms with van der Waals surface area (Å²) in [6.07, 6.45) is 5.84. The minimum atomic E-state index is -0.0806. The monoisotopic (exact) mass is 334 g/mol. The molecule has 0 atom stereocenters. The first-order chi connectivity index (χ1) is 9.74. The van der Waals surface area contributed by atoms with Gasteiger partial charge >= 0.3 is 0 Å². The van der Waals surface area contributed by atoms with Crippen LogP contribution in [0.3, 0.4) is 0 Å². The molecule has 1 aliphatic rings. The van der Waals surface area contributed by atoms with E-state index in [0.717, 1.165) is 12.2 Å². The molecule has 1 N–H and O–H groups in total. The highest BCUT2D eigenvalue weighted by atomic mass is 79.9. The first-order valence-electron chi connectivity index (χ1n) is 6.63. The normalized spacial score (nSPS) is 14.2. The van der Waals surface area contributed by atoms with Gasteiger partial charge < -0.3 is 5.32 Å². The summed E-state index contributed by atoms with van der Waals surface area (Å²) in [6.45, 7) is 1.28. The lowest BCUT2D eigenvalue weighted by Gasteiger charge is -2.10. The zero-order valence-corrected chi connectivity index (χ0v) is 12.5. The van der Waals surface area contributed by atoms with E-state index in [-0.39, 0.29) is 5.56 Å². The molecule has 0 aliphatic heterocycles. The Labute approximate surface area is 125 Å². The van der Waals surface area contributed by atoms with Gasteiger partial charge in [0.15, 0.2) is 0 Å². The SMILES string of the molecule is O=c1c(Br)c(NCc2ccccn2)cnn1CC1CC1. The van der Waals surface area contributed by atoms with Crippen LogP contribution in [-0.4, -0.2) is 14.8 Å². The predicted molar refractivity (Wildman–Crippen MR) is 80.5 cm³/mol. The van der Waals surface area contributed by atoms with Gasteiger partial charge in [-0.2, -0.15) is 5.10 Å². The van der Waals surface area contributed by atoms with Crippen LogP contribution >= 0.6 is 15.9 Å². The van der Waals surface area contributed by atoms with E-state index in [2.05, 4.69) is 31.3 Å². The van der Waals surface area contributed by atoms with Gasteiger partial charge in [-0.15, -0.1) is 0 Å². The van der Waals surface area contributed by atoms with Gasteiger partial charge in [-0.05, 0) is 46.8 Å². The van der Waals surface area contributed by atoms with E-state index in [1.165, 1.54) is 17.5 Å². The fourth-order valence-electron chi connectivity index (χ4n) is 1.95. The smallest absolute Gasteiger partial charge is 0.283 e. The molecule has 0 aromatic carbocycles. The van der Waals surface area contributed by atoms with Crippen molar-refractivity contribution < 1.29 is 0 Å². The van der Waals surface area contributed by atoms with Crippen molar-refractivity contribution in [2.75, 3.05) is 5.32 Å². The van der Waals surface area contributed by atoms with E-state index in [9.17, 15) is 4.79 Å². The van der Waals surface area contributed by atoms with Crippen LogP contribution in [-0.2, 0) is 13.1 Å². The standard InChI is InChI=1S/C14H15BrN4O/c15-13-12(17-7-11-3-1-2-6-16-11)8-18-19(14(13)20)9-10-4-5-10/h1-3,6,8,10,17H,4-5,7,9H2. The van der Waals surface area contributed by atoms with Gasteiger partial charge in [0.05, 0.1) is 24.1 Å². The Hall–Kier alpha value is -1.69. The summed E-state index contributed by atoms with van der Waals surface area (Å²) in [5.41, 5.74) is 1.54. The molecule has 20 heavy (non-hydrogen) atoms. The Morgan fingerprint density at radius 2 is 2.25 bits per heavy atom. The summed E-state index contributed by atoms with van der Waals surface area (Å²) in [6, 6.07) is 5.74. The topological polar surface area (TPSA) is 59.8 Å². The number of pyridine rings is 1. The molecular formula is C14H15BrN4O. The van der Waals surface area contributed by atoms with Crippen molar-refractivity contribution in [2.45, 2.75) is 25.9 Å². The highest BCUT2D eigenvalue weighted by molar-refractivity contribution is 9.10. The molecule has 2 aromatic rings. The van der Waals surface area contributed by atoms with E-state index >= 15 is 0 Å². The third-order valence-electron chi connectivity index (χ3n) is 3.30. The van der Waals surface area contributed by atoms with Gasteiger partial charge in [0, 0.05) is 12.7 Å². The van der Waals surface area contributed by atoms with Crippen LogP contribution in [0.15, 0.2) is 39.9 Å². The van der Waals surface area contributed by atoms with Crippen molar-refractivity contribution in [1.82, 2.24) is 14.8 Å². The summed E-state index contributed by atoms with van der Waals surface area (Å²) >= 11 is 3.36. The second-order valence-electron chi connectivity index (χ2n) is 4.98. The lowest BCUT2D eigenvalue weighted by atomic mass is 10.3. The summed E-state index contributed by atoms with van der Waals surface area (Å²) in [7, 11) is 0. The van der Waals surface area contributed by atoms with Crippen molar-refractivity contribution in [1.29, 1.82) is 0 Å². The average molecular weight is 335 g/mol. The second kappa shape index (κ2) is 5.75. The van der Waals surface area contributed by atoms with Crippen LogP contribution in [0.2, 0.25) is 0 Å². The van der Waals surface area contributed by atoms with Crippen molar-refractivity contribution in [3.8, 4) is 0 Å². The summed E-state index contributed by atoms with van der Waals surface area (Å²) in [4.78, 5) is 16.4.